The summed E-state index contributed by atoms with van der Waals surface area (Å²) < 4.78 is 0.913. The second-order valence-corrected chi connectivity index (χ2v) is 8.18. The first-order chi connectivity index (χ1) is 16.0. The zero-order valence-corrected chi connectivity index (χ0v) is 21.2. The van der Waals surface area contributed by atoms with Crippen LogP contribution in [0.4, 0.5) is 0 Å². The van der Waals surface area contributed by atoms with E-state index in [2.05, 4.69) is 55.8 Å². The first-order valence-electron chi connectivity index (χ1n) is 10.7. The molecule has 0 saturated heterocycles. The van der Waals surface area contributed by atoms with Crippen LogP contribution in [0.25, 0.3) is 0 Å². The summed E-state index contributed by atoms with van der Waals surface area (Å²) in [4.78, 5) is 15.7. The molecule has 0 fully saturated rings. The van der Waals surface area contributed by atoms with Gasteiger partial charge in [0, 0.05) is 54.7 Å². The Kier molecular flexibility index (Phi) is 20.4. The van der Waals surface area contributed by atoms with Gasteiger partial charge in [-0.25, -0.2) is 0 Å². The quantitative estimate of drug-likeness (QED) is 0.106. The number of nitrogens with zero attached hydrogens (tertiary/aromatic N) is 1. The standard InChI is InChI=1S/C26H32BrClN4O/c1-2-3-4-5-6-7-8-9-10-12-18-24(28)22-23(27)17-13-14-19-25(33)31-20-15-11-16-21-32-26(29)30/h1,7-8,13-14,17-18H,3-4,11-12,15-16,19-22H2,(H,31,33)(H4,29,30,32). The Labute approximate surface area is 212 Å². The van der Waals surface area contributed by atoms with Crippen LogP contribution in [-0.2, 0) is 4.79 Å². The van der Waals surface area contributed by atoms with Crippen molar-refractivity contribution in [3.8, 4) is 36.0 Å². The van der Waals surface area contributed by atoms with Crippen LogP contribution >= 0.6 is 27.5 Å². The number of guanidine groups is 1. The van der Waals surface area contributed by atoms with Crippen molar-refractivity contribution in [3.05, 3.63) is 46.0 Å². The van der Waals surface area contributed by atoms with Gasteiger partial charge in [-0.1, -0.05) is 75.5 Å². The average molecular weight is 532 g/mol. The topological polar surface area (TPSA) is 93.5 Å². The highest BCUT2D eigenvalue weighted by atomic mass is 79.9. The second-order valence-electron chi connectivity index (χ2n) is 6.67. The van der Waals surface area contributed by atoms with Crippen molar-refractivity contribution in [2.75, 3.05) is 13.1 Å². The number of terminal acetylenes is 1. The molecule has 0 spiro atoms. The highest BCUT2D eigenvalue weighted by Crippen LogP contribution is 2.20. The number of carbonyl (C=O) groups is 1. The number of nitrogens with two attached hydrogens (primary N) is 2. The van der Waals surface area contributed by atoms with E-state index < -0.39 is 0 Å². The van der Waals surface area contributed by atoms with E-state index in [9.17, 15) is 4.79 Å². The van der Waals surface area contributed by atoms with Crippen LogP contribution < -0.4 is 16.8 Å². The van der Waals surface area contributed by atoms with Crippen molar-refractivity contribution >= 4 is 39.4 Å². The minimum atomic E-state index is -0.0101. The highest BCUT2D eigenvalue weighted by molar-refractivity contribution is 9.11. The van der Waals surface area contributed by atoms with E-state index in [0.29, 0.717) is 50.2 Å². The Balaban J connectivity index is 4.05. The molecule has 5 nitrogen and oxygen atoms in total. The summed E-state index contributed by atoms with van der Waals surface area (Å²) in [6.45, 7) is 1.27. The molecule has 0 aliphatic heterocycles. The van der Waals surface area contributed by atoms with Gasteiger partial charge in [0.1, 0.15) is 0 Å². The number of unbranched alkanes of at least 4 members (excludes halogenated alkanes) is 3. The maximum atomic E-state index is 11.8. The number of carbonyl (C=O) groups excluding carboxylic acids is 1. The van der Waals surface area contributed by atoms with Gasteiger partial charge in [0.2, 0.25) is 5.91 Å². The molecular formula is C26H32BrClN4O. The number of allylic oxidation sites excluding steroid dienone is 7. The van der Waals surface area contributed by atoms with Crippen LogP contribution in [-0.4, -0.2) is 25.0 Å². The van der Waals surface area contributed by atoms with E-state index in [1.165, 1.54) is 0 Å². The largest absolute Gasteiger partial charge is 0.370 e. The first-order valence-corrected chi connectivity index (χ1v) is 11.9. The third-order valence-corrected chi connectivity index (χ3v) is 4.61. The maximum absolute atomic E-state index is 11.8. The summed E-state index contributed by atoms with van der Waals surface area (Å²) in [6, 6.07) is 0. The molecule has 176 valence electrons. The van der Waals surface area contributed by atoms with Crippen molar-refractivity contribution in [2.45, 2.75) is 51.4 Å². The SMILES string of the molecule is C#CCCC#CC=CC#CCC=C(Cl)CC(Br)=CC=CCC(=O)NCCCCCN=C(N)N. The number of aliphatic imine (C=N–C) groups is 1. The Morgan fingerprint density at radius 3 is 2.61 bits per heavy atom. The smallest absolute Gasteiger partial charge is 0.223 e. The van der Waals surface area contributed by atoms with Gasteiger partial charge in [-0.05, 0) is 31.4 Å². The monoisotopic (exact) mass is 530 g/mol. The summed E-state index contributed by atoms with van der Waals surface area (Å²) in [6.07, 6.45) is 21.5. The summed E-state index contributed by atoms with van der Waals surface area (Å²) in [5.74, 6) is 14.3. The summed E-state index contributed by atoms with van der Waals surface area (Å²) in [5.41, 5.74) is 10.5. The predicted molar refractivity (Wildman–Crippen MR) is 144 cm³/mol. The normalized spacial score (nSPS) is 11.3. The lowest BCUT2D eigenvalue weighted by Crippen LogP contribution is -2.23. The van der Waals surface area contributed by atoms with Gasteiger partial charge in [-0.15, -0.1) is 12.3 Å². The van der Waals surface area contributed by atoms with Crippen LogP contribution in [0, 0.1) is 36.0 Å². The van der Waals surface area contributed by atoms with E-state index in [-0.39, 0.29) is 11.9 Å². The Hall–Kier alpha value is -2.85. The zero-order valence-electron chi connectivity index (χ0n) is 18.9. The molecule has 0 atom stereocenters. The molecule has 33 heavy (non-hydrogen) atoms. The van der Waals surface area contributed by atoms with Crippen LogP contribution in [0.1, 0.15) is 51.4 Å². The zero-order chi connectivity index (χ0) is 24.6. The summed E-state index contributed by atoms with van der Waals surface area (Å²) >= 11 is 9.71. The van der Waals surface area contributed by atoms with Crippen molar-refractivity contribution < 1.29 is 4.79 Å². The molecule has 0 aliphatic carbocycles. The van der Waals surface area contributed by atoms with E-state index >= 15 is 0 Å². The van der Waals surface area contributed by atoms with Gasteiger partial charge in [-0.2, -0.15) is 0 Å². The van der Waals surface area contributed by atoms with Gasteiger partial charge in [0.25, 0.3) is 0 Å². The van der Waals surface area contributed by atoms with E-state index in [4.69, 9.17) is 29.5 Å². The maximum Gasteiger partial charge on any atom is 0.223 e. The number of nitrogens with one attached hydrogen (secondary N) is 1. The van der Waals surface area contributed by atoms with E-state index in [1.54, 1.807) is 18.2 Å². The average Bonchev–Trinajstić information content (AvgIpc) is 2.77. The van der Waals surface area contributed by atoms with Crippen molar-refractivity contribution in [1.82, 2.24) is 5.32 Å². The number of hydrogen-bond acceptors (Lipinski definition) is 2. The van der Waals surface area contributed by atoms with E-state index in [0.717, 1.165) is 23.7 Å². The van der Waals surface area contributed by atoms with E-state index in [1.807, 2.05) is 18.2 Å². The van der Waals surface area contributed by atoms with Gasteiger partial charge >= 0.3 is 0 Å². The third-order valence-electron chi connectivity index (χ3n) is 3.78. The molecule has 1 amide bonds. The van der Waals surface area contributed by atoms with Crippen LogP contribution in [0.15, 0.2) is 51.0 Å². The third kappa shape index (κ3) is 23.6. The number of amides is 1. The molecule has 0 aromatic rings. The molecule has 0 aromatic carbocycles. The van der Waals surface area contributed by atoms with Gasteiger partial charge in [-0.3, -0.25) is 9.79 Å². The summed E-state index contributed by atoms with van der Waals surface area (Å²) in [7, 11) is 0. The number of halogens is 2. The lowest BCUT2D eigenvalue weighted by molar-refractivity contribution is -0.120. The predicted octanol–water partition coefficient (Wildman–Crippen LogP) is 4.65. The molecule has 7 heteroatoms. The lowest BCUT2D eigenvalue weighted by atomic mass is 10.2. The fraction of sp³-hybridized carbons (Fsp3) is 0.385. The molecule has 0 radical (unpaired) electrons. The number of hydrogen-bond donors (Lipinski definition) is 3. The van der Waals surface area contributed by atoms with Crippen LogP contribution in [0.5, 0.6) is 0 Å². The summed E-state index contributed by atoms with van der Waals surface area (Å²) in [5, 5.41) is 3.58. The van der Waals surface area contributed by atoms with Gasteiger partial charge in [0.05, 0.1) is 0 Å². The Bertz CT molecular complexity index is 899. The van der Waals surface area contributed by atoms with Crippen molar-refractivity contribution in [3.63, 3.8) is 0 Å². The molecule has 0 rings (SSSR count). The van der Waals surface area contributed by atoms with Crippen LogP contribution in [0.2, 0.25) is 0 Å². The molecule has 0 saturated carbocycles. The second kappa shape index (κ2) is 22.3. The molecule has 0 bridgehead atoms. The molecule has 0 unspecified atom stereocenters. The Morgan fingerprint density at radius 1 is 1.12 bits per heavy atom. The molecular weight excluding hydrogens is 500 g/mol. The molecule has 0 heterocycles. The van der Waals surface area contributed by atoms with Crippen molar-refractivity contribution in [1.29, 1.82) is 0 Å². The van der Waals surface area contributed by atoms with Gasteiger partial charge < -0.3 is 16.8 Å². The molecule has 5 N–H and O–H groups in total. The molecule has 0 aromatic heterocycles. The minimum Gasteiger partial charge on any atom is -0.370 e. The Morgan fingerprint density at radius 2 is 1.88 bits per heavy atom. The fourth-order valence-electron chi connectivity index (χ4n) is 2.19. The highest BCUT2D eigenvalue weighted by Gasteiger charge is 1.98. The van der Waals surface area contributed by atoms with Crippen LogP contribution in [0.3, 0.4) is 0 Å². The fourth-order valence-corrected chi connectivity index (χ4v) is 3.03. The lowest BCUT2D eigenvalue weighted by Gasteiger charge is -2.02. The number of rotatable bonds is 13. The van der Waals surface area contributed by atoms with Crippen molar-refractivity contribution in [2.24, 2.45) is 16.5 Å². The molecule has 0 aliphatic rings. The van der Waals surface area contributed by atoms with Gasteiger partial charge in [0.15, 0.2) is 5.96 Å². The minimum absolute atomic E-state index is 0.0101. The first kappa shape index (κ1) is 30.1.